The third kappa shape index (κ3) is 2.25. The average Bonchev–Trinajstić information content (AvgIpc) is 2.88. The molecule has 3 heterocycles. The number of aromatic nitrogens is 5. The van der Waals surface area contributed by atoms with Crippen LogP contribution in [0.4, 0.5) is 5.82 Å². The van der Waals surface area contributed by atoms with E-state index in [1.165, 1.54) is 0 Å². The van der Waals surface area contributed by atoms with Crippen molar-refractivity contribution in [2.45, 2.75) is 13.5 Å². The highest BCUT2D eigenvalue weighted by molar-refractivity contribution is 5.62. The van der Waals surface area contributed by atoms with Crippen molar-refractivity contribution < 1.29 is 4.74 Å². The molecule has 0 amide bonds. The van der Waals surface area contributed by atoms with E-state index in [1.54, 1.807) is 19.5 Å². The molecule has 0 fully saturated rings. The van der Waals surface area contributed by atoms with Crippen LogP contribution < -0.4 is 10.1 Å². The molecule has 0 spiro atoms. The van der Waals surface area contributed by atoms with Gasteiger partial charge in [-0.2, -0.15) is 0 Å². The van der Waals surface area contributed by atoms with Crippen LogP contribution in [0, 0.1) is 6.92 Å². The lowest BCUT2D eigenvalue weighted by molar-refractivity contribution is 0.397. The van der Waals surface area contributed by atoms with E-state index in [1.807, 2.05) is 29.7 Å². The summed E-state index contributed by atoms with van der Waals surface area (Å²) in [6, 6.07) is 3.78. The summed E-state index contributed by atoms with van der Waals surface area (Å²) in [5.41, 5.74) is 1.75. The molecule has 3 aromatic heterocycles. The molecule has 0 aliphatic rings. The van der Waals surface area contributed by atoms with E-state index in [-0.39, 0.29) is 0 Å². The van der Waals surface area contributed by atoms with Crippen molar-refractivity contribution in [3.8, 4) is 5.88 Å². The van der Waals surface area contributed by atoms with E-state index in [0.717, 1.165) is 11.4 Å². The van der Waals surface area contributed by atoms with E-state index in [2.05, 4.69) is 25.5 Å². The number of nitrogens with one attached hydrogen (secondary N) is 1. The first kappa shape index (κ1) is 12.3. The monoisotopic (exact) mass is 270 g/mol. The van der Waals surface area contributed by atoms with Gasteiger partial charge < -0.3 is 10.1 Å². The van der Waals surface area contributed by atoms with Crippen molar-refractivity contribution in [2.24, 2.45) is 0 Å². The third-order valence-corrected chi connectivity index (χ3v) is 2.96. The number of hydrogen-bond donors (Lipinski definition) is 1. The van der Waals surface area contributed by atoms with Gasteiger partial charge in [0.1, 0.15) is 5.82 Å². The summed E-state index contributed by atoms with van der Waals surface area (Å²) >= 11 is 0. The Morgan fingerprint density at radius 3 is 2.90 bits per heavy atom. The van der Waals surface area contributed by atoms with Gasteiger partial charge in [-0.15, -0.1) is 10.2 Å². The van der Waals surface area contributed by atoms with Crippen molar-refractivity contribution in [2.75, 3.05) is 12.4 Å². The van der Waals surface area contributed by atoms with Crippen LogP contribution >= 0.6 is 0 Å². The van der Waals surface area contributed by atoms with Crippen LogP contribution in [0.2, 0.25) is 0 Å². The van der Waals surface area contributed by atoms with Crippen molar-refractivity contribution >= 4 is 11.5 Å². The Bertz CT molecular complexity index is 721. The van der Waals surface area contributed by atoms with Crippen molar-refractivity contribution in [1.29, 1.82) is 0 Å². The normalized spacial score (nSPS) is 10.7. The van der Waals surface area contributed by atoms with Crippen LogP contribution in [0.1, 0.15) is 11.4 Å². The minimum atomic E-state index is 0.599. The molecule has 0 unspecified atom stereocenters. The second kappa shape index (κ2) is 5.12. The largest absolute Gasteiger partial charge is 0.481 e. The van der Waals surface area contributed by atoms with Crippen LogP contribution in [0.15, 0.2) is 30.7 Å². The molecule has 0 radical (unpaired) electrons. The summed E-state index contributed by atoms with van der Waals surface area (Å²) in [4.78, 5) is 8.45. The standard InChI is InChI=1S/C13H14N6O/c1-9-17-18-13-12(14-5-6-19(9)13)16-8-10-3-4-11(20-2)15-7-10/h3-7H,8H2,1-2H3,(H,14,16). The summed E-state index contributed by atoms with van der Waals surface area (Å²) in [6.45, 7) is 2.51. The molecule has 0 saturated carbocycles. The number of hydrogen-bond acceptors (Lipinski definition) is 6. The van der Waals surface area contributed by atoms with Gasteiger partial charge in [0.05, 0.1) is 7.11 Å². The molecule has 0 aliphatic heterocycles. The minimum Gasteiger partial charge on any atom is -0.481 e. The van der Waals surface area contributed by atoms with Gasteiger partial charge in [0.15, 0.2) is 5.82 Å². The van der Waals surface area contributed by atoms with Gasteiger partial charge >= 0.3 is 0 Å². The Balaban J connectivity index is 1.79. The summed E-state index contributed by atoms with van der Waals surface area (Å²) in [7, 11) is 1.60. The molecular weight excluding hydrogens is 256 g/mol. The van der Waals surface area contributed by atoms with E-state index < -0.39 is 0 Å². The van der Waals surface area contributed by atoms with Gasteiger partial charge in [-0.1, -0.05) is 6.07 Å². The first-order chi connectivity index (χ1) is 9.78. The Morgan fingerprint density at radius 1 is 1.25 bits per heavy atom. The maximum Gasteiger partial charge on any atom is 0.212 e. The van der Waals surface area contributed by atoms with Gasteiger partial charge in [-0.25, -0.2) is 9.97 Å². The van der Waals surface area contributed by atoms with Gasteiger partial charge in [-0.05, 0) is 12.5 Å². The highest BCUT2D eigenvalue weighted by Gasteiger charge is 2.07. The molecule has 0 aromatic carbocycles. The molecule has 20 heavy (non-hydrogen) atoms. The van der Waals surface area contributed by atoms with Crippen LogP contribution in [0.3, 0.4) is 0 Å². The van der Waals surface area contributed by atoms with Gasteiger partial charge in [0.25, 0.3) is 0 Å². The van der Waals surface area contributed by atoms with Gasteiger partial charge in [0, 0.05) is 31.2 Å². The lowest BCUT2D eigenvalue weighted by Gasteiger charge is -2.06. The summed E-state index contributed by atoms with van der Waals surface area (Å²) in [6.07, 6.45) is 5.32. The molecule has 0 bridgehead atoms. The van der Waals surface area contributed by atoms with E-state index in [0.29, 0.717) is 23.9 Å². The smallest absolute Gasteiger partial charge is 0.212 e. The fraction of sp³-hybridized carbons (Fsp3) is 0.231. The van der Waals surface area contributed by atoms with Crippen molar-refractivity contribution in [3.05, 3.63) is 42.1 Å². The number of aryl methyl sites for hydroxylation is 1. The molecule has 0 atom stereocenters. The molecule has 3 aromatic rings. The van der Waals surface area contributed by atoms with E-state index >= 15 is 0 Å². The third-order valence-electron chi connectivity index (χ3n) is 2.96. The Hall–Kier alpha value is -2.70. The SMILES string of the molecule is COc1ccc(CNc2nccn3c(C)nnc23)cn1. The number of pyridine rings is 1. The van der Waals surface area contributed by atoms with Crippen LogP contribution in [0.5, 0.6) is 5.88 Å². The average molecular weight is 270 g/mol. The fourth-order valence-electron chi connectivity index (χ4n) is 1.89. The molecule has 1 N–H and O–H groups in total. The zero-order valence-electron chi connectivity index (χ0n) is 11.2. The maximum absolute atomic E-state index is 5.03. The maximum atomic E-state index is 5.03. The molecule has 102 valence electrons. The Kier molecular flexibility index (Phi) is 3.16. The molecule has 7 nitrogen and oxygen atoms in total. The molecule has 7 heteroatoms. The zero-order valence-corrected chi connectivity index (χ0v) is 11.2. The molecule has 0 aliphatic carbocycles. The topological polar surface area (TPSA) is 77.2 Å². The molecular formula is C13H14N6O. The fourth-order valence-corrected chi connectivity index (χ4v) is 1.89. The highest BCUT2D eigenvalue weighted by Crippen LogP contribution is 2.14. The predicted octanol–water partition coefficient (Wildman–Crippen LogP) is 1.45. The zero-order chi connectivity index (χ0) is 13.9. The van der Waals surface area contributed by atoms with Crippen molar-refractivity contribution in [1.82, 2.24) is 24.6 Å². The Labute approximate surface area is 115 Å². The lowest BCUT2D eigenvalue weighted by atomic mass is 10.3. The summed E-state index contributed by atoms with van der Waals surface area (Å²) < 4.78 is 6.92. The quantitative estimate of drug-likeness (QED) is 0.773. The molecule has 0 saturated heterocycles. The summed E-state index contributed by atoms with van der Waals surface area (Å²) in [5.74, 6) is 2.13. The Morgan fingerprint density at radius 2 is 2.15 bits per heavy atom. The highest BCUT2D eigenvalue weighted by atomic mass is 16.5. The van der Waals surface area contributed by atoms with E-state index in [4.69, 9.17) is 4.74 Å². The first-order valence-corrected chi connectivity index (χ1v) is 6.17. The number of anilines is 1. The van der Waals surface area contributed by atoms with Crippen molar-refractivity contribution in [3.63, 3.8) is 0 Å². The first-order valence-electron chi connectivity index (χ1n) is 6.17. The second-order valence-electron chi connectivity index (χ2n) is 4.28. The predicted molar refractivity (Wildman–Crippen MR) is 73.6 cm³/mol. The number of ether oxygens (including phenoxy) is 1. The minimum absolute atomic E-state index is 0.599. The van der Waals surface area contributed by atoms with Crippen LogP contribution in [0.25, 0.3) is 5.65 Å². The van der Waals surface area contributed by atoms with Crippen LogP contribution in [-0.2, 0) is 6.54 Å². The lowest BCUT2D eigenvalue weighted by Crippen LogP contribution is -2.04. The number of nitrogens with zero attached hydrogens (tertiary/aromatic N) is 5. The van der Waals surface area contributed by atoms with Gasteiger partial charge in [0.2, 0.25) is 11.5 Å². The second-order valence-corrected chi connectivity index (χ2v) is 4.28. The van der Waals surface area contributed by atoms with Gasteiger partial charge in [-0.3, -0.25) is 4.40 Å². The molecule has 3 rings (SSSR count). The summed E-state index contributed by atoms with van der Waals surface area (Å²) in [5, 5.41) is 11.4. The number of fused-ring (bicyclic) bond motifs is 1. The van der Waals surface area contributed by atoms with Crippen LogP contribution in [-0.4, -0.2) is 31.7 Å². The number of rotatable bonds is 4. The van der Waals surface area contributed by atoms with E-state index in [9.17, 15) is 0 Å². The number of methoxy groups -OCH3 is 1.